The molecule has 0 amide bonds. The number of hydrogen-bond donors (Lipinski definition) is 0. The SMILES string of the molecule is COCc1ccc(C2(C(C)=O)CC2)cc1. The van der Waals surface area contributed by atoms with E-state index in [1.165, 1.54) is 0 Å². The minimum atomic E-state index is -0.147. The molecular weight excluding hydrogens is 188 g/mol. The van der Waals surface area contributed by atoms with E-state index in [2.05, 4.69) is 12.1 Å². The Bertz CT molecular complexity index is 361. The first kappa shape index (κ1) is 10.4. The Kier molecular flexibility index (Phi) is 2.61. The number of benzene rings is 1. The van der Waals surface area contributed by atoms with Crippen molar-refractivity contribution in [3.8, 4) is 0 Å². The largest absolute Gasteiger partial charge is 0.380 e. The van der Waals surface area contributed by atoms with Gasteiger partial charge in [-0.15, -0.1) is 0 Å². The van der Waals surface area contributed by atoms with E-state index in [9.17, 15) is 4.79 Å². The fraction of sp³-hybridized carbons (Fsp3) is 0.462. The molecule has 2 rings (SSSR count). The summed E-state index contributed by atoms with van der Waals surface area (Å²) in [6, 6.07) is 8.20. The minimum Gasteiger partial charge on any atom is -0.380 e. The van der Waals surface area contributed by atoms with Crippen molar-refractivity contribution in [3.05, 3.63) is 35.4 Å². The maximum Gasteiger partial charge on any atom is 0.140 e. The number of carbonyl (C=O) groups excluding carboxylic acids is 1. The Morgan fingerprint density at radius 2 is 1.93 bits per heavy atom. The molecule has 1 aliphatic rings. The molecule has 0 unspecified atom stereocenters. The van der Waals surface area contributed by atoms with Gasteiger partial charge in [-0.3, -0.25) is 4.79 Å². The maximum absolute atomic E-state index is 11.5. The summed E-state index contributed by atoms with van der Waals surface area (Å²) in [6.45, 7) is 2.32. The fourth-order valence-corrected chi connectivity index (χ4v) is 2.06. The average molecular weight is 204 g/mol. The van der Waals surface area contributed by atoms with Crippen LogP contribution < -0.4 is 0 Å². The molecule has 80 valence electrons. The van der Waals surface area contributed by atoms with Crippen LogP contribution in [0.5, 0.6) is 0 Å². The number of methoxy groups -OCH3 is 1. The molecule has 2 nitrogen and oxygen atoms in total. The number of carbonyl (C=O) groups is 1. The van der Waals surface area contributed by atoms with Gasteiger partial charge in [0.15, 0.2) is 0 Å². The summed E-state index contributed by atoms with van der Waals surface area (Å²) < 4.78 is 5.05. The van der Waals surface area contributed by atoms with Gasteiger partial charge in [-0.25, -0.2) is 0 Å². The van der Waals surface area contributed by atoms with Gasteiger partial charge >= 0.3 is 0 Å². The second-order valence-electron chi connectivity index (χ2n) is 4.27. The summed E-state index contributed by atoms with van der Waals surface area (Å²) in [7, 11) is 1.69. The molecule has 0 atom stereocenters. The van der Waals surface area contributed by atoms with E-state index >= 15 is 0 Å². The highest BCUT2D eigenvalue weighted by Gasteiger charge is 2.48. The van der Waals surface area contributed by atoms with Gasteiger partial charge in [0.05, 0.1) is 12.0 Å². The third-order valence-electron chi connectivity index (χ3n) is 3.24. The summed E-state index contributed by atoms with van der Waals surface area (Å²) in [5, 5.41) is 0. The third-order valence-corrected chi connectivity index (χ3v) is 3.24. The molecule has 15 heavy (non-hydrogen) atoms. The molecule has 0 saturated heterocycles. The van der Waals surface area contributed by atoms with Crippen LogP contribution in [0, 0.1) is 0 Å². The Morgan fingerprint density at radius 3 is 2.33 bits per heavy atom. The zero-order chi connectivity index (χ0) is 10.9. The highest BCUT2D eigenvalue weighted by molar-refractivity contribution is 5.91. The van der Waals surface area contributed by atoms with Crippen molar-refractivity contribution in [1.29, 1.82) is 0 Å². The zero-order valence-corrected chi connectivity index (χ0v) is 9.25. The van der Waals surface area contributed by atoms with E-state index in [4.69, 9.17) is 4.74 Å². The predicted octanol–water partition coefficient (Wildman–Crippen LogP) is 2.45. The van der Waals surface area contributed by atoms with Crippen LogP contribution in [0.2, 0.25) is 0 Å². The number of Topliss-reactive ketones (excluding diaryl/α,β-unsaturated/α-hetero) is 1. The number of hydrogen-bond acceptors (Lipinski definition) is 2. The van der Waals surface area contributed by atoms with Crippen molar-refractivity contribution < 1.29 is 9.53 Å². The van der Waals surface area contributed by atoms with Gasteiger partial charge in [0.2, 0.25) is 0 Å². The van der Waals surface area contributed by atoms with Crippen LogP contribution in [0.1, 0.15) is 30.9 Å². The summed E-state index contributed by atoms with van der Waals surface area (Å²) in [5.74, 6) is 0.294. The normalized spacial score (nSPS) is 17.5. The number of ether oxygens (including phenoxy) is 1. The smallest absolute Gasteiger partial charge is 0.140 e. The second-order valence-corrected chi connectivity index (χ2v) is 4.27. The lowest BCUT2D eigenvalue weighted by Gasteiger charge is -2.12. The first-order valence-electron chi connectivity index (χ1n) is 5.28. The van der Waals surface area contributed by atoms with Gasteiger partial charge in [-0.05, 0) is 30.9 Å². The average Bonchev–Trinajstić information content (AvgIpc) is 3.00. The number of ketones is 1. The van der Waals surface area contributed by atoms with Crippen LogP contribution in [0.3, 0.4) is 0 Å². The second kappa shape index (κ2) is 3.78. The van der Waals surface area contributed by atoms with Crippen molar-refractivity contribution in [2.45, 2.75) is 31.8 Å². The monoisotopic (exact) mass is 204 g/mol. The molecule has 0 N–H and O–H groups in total. The molecule has 0 aromatic heterocycles. The quantitative estimate of drug-likeness (QED) is 0.753. The molecule has 2 heteroatoms. The standard InChI is InChI=1S/C13H16O2/c1-10(14)13(7-8-13)12-5-3-11(4-6-12)9-15-2/h3-6H,7-9H2,1-2H3. The topological polar surface area (TPSA) is 26.3 Å². The van der Waals surface area contributed by atoms with E-state index in [0.717, 1.165) is 24.0 Å². The van der Waals surface area contributed by atoms with E-state index in [1.807, 2.05) is 12.1 Å². The van der Waals surface area contributed by atoms with Crippen molar-refractivity contribution in [2.24, 2.45) is 0 Å². The molecule has 0 heterocycles. The lowest BCUT2D eigenvalue weighted by molar-refractivity contribution is -0.119. The Hall–Kier alpha value is -1.15. The molecule has 1 aromatic carbocycles. The summed E-state index contributed by atoms with van der Waals surface area (Å²) in [5.41, 5.74) is 2.17. The Balaban J connectivity index is 2.20. The fourth-order valence-electron chi connectivity index (χ4n) is 2.06. The summed E-state index contributed by atoms with van der Waals surface area (Å²) in [6.07, 6.45) is 2.01. The van der Waals surface area contributed by atoms with E-state index in [1.54, 1.807) is 14.0 Å². The summed E-state index contributed by atoms with van der Waals surface area (Å²) >= 11 is 0. The van der Waals surface area contributed by atoms with Gasteiger partial charge in [0.25, 0.3) is 0 Å². The van der Waals surface area contributed by atoms with Crippen LogP contribution in [-0.2, 0) is 21.6 Å². The molecule has 0 bridgehead atoms. The molecule has 1 fully saturated rings. The van der Waals surface area contributed by atoms with Crippen LogP contribution in [0.4, 0.5) is 0 Å². The van der Waals surface area contributed by atoms with Crippen molar-refractivity contribution in [3.63, 3.8) is 0 Å². The van der Waals surface area contributed by atoms with E-state index < -0.39 is 0 Å². The van der Waals surface area contributed by atoms with Gasteiger partial charge in [-0.1, -0.05) is 24.3 Å². The highest BCUT2D eigenvalue weighted by Crippen LogP contribution is 2.48. The Labute approximate surface area is 90.3 Å². The van der Waals surface area contributed by atoms with Gasteiger partial charge in [0, 0.05) is 7.11 Å². The highest BCUT2D eigenvalue weighted by atomic mass is 16.5. The van der Waals surface area contributed by atoms with Crippen LogP contribution in [0.25, 0.3) is 0 Å². The van der Waals surface area contributed by atoms with Gasteiger partial charge in [0.1, 0.15) is 5.78 Å². The lowest BCUT2D eigenvalue weighted by Crippen LogP contribution is -2.16. The molecule has 0 radical (unpaired) electrons. The van der Waals surface area contributed by atoms with Crippen LogP contribution >= 0.6 is 0 Å². The first-order chi connectivity index (χ1) is 7.19. The molecule has 1 saturated carbocycles. The molecule has 1 aromatic rings. The molecule has 0 aliphatic heterocycles. The van der Waals surface area contributed by atoms with E-state index in [0.29, 0.717) is 12.4 Å². The van der Waals surface area contributed by atoms with Crippen molar-refractivity contribution in [1.82, 2.24) is 0 Å². The van der Waals surface area contributed by atoms with Crippen molar-refractivity contribution >= 4 is 5.78 Å². The molecule has 0 spiro atoms. The maximum atomic E-state index is 11.5. The zero-order valence-electron chi connectivity index (χ0n) is 9.25. The molecular formula is C13H16O2. The van der Waals surface area contributed by atoms with Gasteiger partial charge < -0.3 is 4.74 Å². The van der Waals surface area contributed by atoms with E-state index in [-0.39, 0.29) is 5.41 Å². The minimum absolute atomic E-state index is 0.147. The molecule has 1 aliphatic carbocycles. The van der Waals surface area contributed by atoms with Crippen LogP contribution in [-0.4, -0.2) is 12.9 Å². The first-order valence-corrected chi connectivity index (χ1v) is 5.28. The predicted molar refractivity (Wildman–Crippen MR) is 58.7 cm³/mol. The van der Waals surface area contributed by atoms with Crippen LogP contribution in [0.15, 0.2) is 24.3 Å². The Morgan fingerprint density at radius 1 is 1.33 bits per heavy atom. The summed E-state index contributed by atoms with van der Waals surface area (Å²) in [4.78, 5) is 11.5. The van der Waals surface area contributed by atoms with Gasteiger partial charge in [-0.2, -0.15) is 0 Å². The lowest BCUT2D eigenvalue weighted by atomic mass is 9.91. The number of rotatable bonds is 4. The third kappa shape index (κ3) is 1.82. The van der Waals surface area contributed by atoms with Crippen molar-refractivity contribution in [2.75, 3.05) is 7.11 Å².